The lowest BCUT2D eigenvalue weighted by atomic mass is 10.1. The predicted molar refractivity (Wildman–Crippen MR) is 90.2 cm³/mol. The lowest BCUT2D eigenvalue weighted by Gasteiger charge is -2.16. The average molecular weight is 373 g/mol. The molecule has 0 bridgehead atoms. The molecule has 1 aliphatic heterocycles. The largest absolute Gasteiger partial charge is 0.435 e. The van der Waals surface area contributed by atoms with E-state index in [2.05, 4.69) is 25.6 Å². The van der Waals surface area contributed by atoms with Crippen molar-refractivity contribution in [1.82, 2.24) is 20.8 Å². The summed E-state index contributed by atoms with van der Waals surface area (Å²) in [5, 5.41) is 13.1. The molecule has 0 radical (unpaired) electrons. The number of aromatic nitrogens is 2. The Bertz CT molecular complexity index is 721. The molecule has 3 rings (SSSR count). The summed E-state index contributed by atoms with van der Waals surface area (Å²) >= 11 is 0. The second-order valence-electron chi connectivity index (χ2n) is 5.60. The molecule has 2 aromatic rings. The van der Waals surface area contributed by atoms with Gasteiger partial charge in [0, 0.05) is 30.8 Å². The molecule has 1 atom stereocenters. The fourth-order valence-electron chi connectivity index (χ4n) is 2.70. The molecule has 25 heavy (non-hydrogen) atoms. The van der Waals surface area contributed by atoms with E-state index in [4.69, 9.17) is 0 Å². The van der Waals surface area contributed by atoms with Crippen molar-refractivity contribution in [3.8, 4) is 5.75 Å². The SMILES string of the molecule is CC(NC(=O)c1n[nH]c2c1CNCC2)c1ccc(OC(F)F)cc1.Cl. The smallest absolute Gasteiger partial charge is 0.387 e. The zero-order valence-corrected chi connectivity index (χ0v) is 14.3. The van der Waals surface area contributed by atoms with E-state index in [-0.39, 0.29) is 30.1 Å². The number of nitrogens with one attached hydrogen (secondary N) is 3. The number of alkyl halides is 2. The van der Waals surface area contributed by atoms with Crippen LogP contribution in [0, 0.1) is 0 Å². The number of carbonyl (C=O) groups is 1. The molecule has 3 N–H and O–H groups in total. The van der Waals surface area contributed by atoms with Crippen molar-refractivity contribution >= 4 is 18.3 Å². The van der Waals surface area contributed by atoms with Gasteiger partial charge < -0.3 is 15.4 Å². The van der Waals surface area contributed by atoms with Crippen molar-refractivity contribution in [3.63, 3.8) is 0 Å². The molecule has 0 spiro atoms. The Kier molecular flexibility index (Phi) is 6.33. The van der Waals surface area contributed by atoms with Gasteiger partial charge in [-0.05, 0) is 24.6 Å². The fourth-order valence-corrected chi connectivity index (χ4v) is 2.70. The molecule has 0 fully saturated rings. The van der Waals surface area contributed by atoms with Crippen LogP contribution in [0.4, 0.5) is 8.78 Å². The first kappa shape index (κ1) is 19.1. The molecule has 1 aliphatic rings. The number of aromatic amines is 1. The van der Waals surface area contributed by atoms with Gasteiger partial charge >= 0.3 is 6.61 Å². The summed E-state index contributed by atoms with van der Waals surface area (Å²) in [6, 6.07) is 5.89. The first-order valence-corrected chi connectivity index (χ1v) is 7.67. The van der Waals surface area contributed by atoms with Crippen molar-refractivity contribution in [2.75, 3.05) is 6.54 Å². The van der Waals surface area contributed by atoms with E-state index in [1.54, 1.807) is 12.1 Å². The van der Waals surface area contributed by atoms with Gasteiger partial charge in [0.2, 0.25) is 0 Å². The van der Waals surface area contributed by atoms with E-state index in [9.17, 15) is 13.6 Å². The third-order valence-corrected chi connectivity index (χ3v) is 3.97. The number of amides is 1. The summed E-state index contributed by atoms with van der Waals surface area (Å²) in [6.45, 7) is 0.438. The summed E-state index contributed by atoms with van der Waals surface area (Å²) in [6.07, 6.45) is 0.816. The number of hydrogen-bond acceptors (Lipinski definition) is 4. The molecular weight excluding hydrogens is 354 g/mol. The number of halogens is 3. The molecular formula is C16H19ClF2N4O2. The zero-order valence-electron chi connectivity index (χ0n) is 13.5. The predicted octanol–water partition coefficient (Wildman–Crippen LogP) is 2.57. The molecule has 1 aromatic carbocycles. The molecule has 1 aromatic heterocycles. The van der Waals surface area contributed by atoms with Crippen LogP contribution in [0.15, 0.2) is 24.3 Å². The van der Waals surface area contributed by atoms with Gasteiger partial charge in [-0.1, -0.05) is 12.1 Å². The number of ether oxygens (including phenoxy) is 1. The third kappa shape index (κ3) is 4.46. The van der Waals surface area contributed by atoms with Crippen LogP contribution in [-0.2, 0) is 13.0 Å². The van der Waals surface area contributed by atoms with Crippen molar-refractivity contribution in [2.24, 2.45) is 0 Å². The molecule has 2 heterocycles. The van der Waals surface area contributed by atoms with Gasteiger partial charge in [-0.15, -0.1) is 12.4 Å². The molecule has 9 heteroatoms. The van der Waals surface area contributed by atoms with Crippen LogP contribution in [0.1, 0.15) is 40.3 Å². The Morgan fingerprint density at radius 2 is 2.04 bits per heavy atom. The number of carbonyl (C=O) groups excluding carboxylic acids is 1. The standard InChI is InChI=1S/C16H18F2N4O2.ClH/c1-9(10-2-4-11(5-3-10)24-16(17)18)20-15(23)14-12-8-19-7-6-13(12)21-22-14;/h2-5,9,16,19H,6-8H2,1H3,(H,20,23)(H,21,22);1H. The first-order valence-electron chi connectivity index (χ1n) is 7.67. The van der Waals surface area contributed by atoms with Crippen LogP contribution >= 0.6 is 12.4 Å². The van der Waals surface area contributed by atoms with Gasteiger partial charge in [0.15, 0.2) is 5.69 Å². The molecule has 0 saturated carbocycles. The van der Waals surface area contributed by atoms with Gasteiger partial charge in [0.05, 0.1) is 6.04 Å². The van der Waals surface area contributed by atoms with E-state index in [0.717, 1.165) is 29.8 Å². The third-order valence-electron chi connectivity index (χ3n) is 3.97. The van der Waals surface area contributed by atoms with Crippen LogP contribution < -0.4 is 15.4 Å². The number of rotatable bonds is 5. The van der Waals surface area contributed by atoms with Crippen molar-refractivity contribution in [1.29, 1.82) is 0 Å². The first-order chi connectivity index (χ1) is 11.5. The quantitative estimate of drug-likeness (QED) is 0.753. The number of nitrogens with zero attached hydrogens (tertiary/aromatic N) is 1. The lowest BCUT2D eigenvalue weighted by molar-refractivity contribution is -0.0498. The topological polar surface area (TPSA) is 79.0 Å². The van der Waals surface area contributed by atoms with Crippen LogP contribution in [0.2, 0.25) is 0 Å². The van der Waals surface area contributed by atoms with E-state index >= 15 is 0 Å². The monoisotopic (exact) mass is 372 g/mol. The normalized spacial score (nSPS) is 14.4. The summed E-state index contributed by atoms with van der Waals surface area (Å²) in [4.78, 5) is 12.4. The highest BCUT2D eigenvalue weighted by Gasteiger charge is 2.22. The molecule has 136 valence electrons. The van der Waals surface area contributed by atoms with Gasteiger partial charge in [-0.2, -0.15) is 13.9 Å². The van der Waals surface area contributed by atoms with E-state index in [1.807, 2.05) is 6.92 Å². The Labute approximate surface area is 149 Å². The molecule has 1 amide bonds. The minimum Gasteiger partial charge on any atom is -0.435 e. The Morgan fingerprint density at radius 3 is 2.72 bits per heavy atom. The van der Waals surface area contributed by atoms with Gasteiger partial charge in [-0.25, -0.2) is 0 Å². The Balaban J connectivity index is 0.00000225. The maximum Gasteiger partial charge on any atom is 0.387 e. The highest BCUT2D eigenvalue weighted by atomic mass is 35.5. The van der Waals surface area contributed by atoms with Crippen molar-refractivity contribution in [3.05, 3.63) is 46.8 Å². The number of H-pyrrole nitrogens is 1. The average Bonchev–Trinajstić information content (AvgIpc) is 2.99. The molecule has 0 saturated heterocycles. The number of hydrogen-bond donors (Lipinski definition) is 3. The fraction of sp³-hybridized carbons (Fsp3) is 0.375. The second kappa shape index (κ2) is 8.26. The maximum atomic E-state index is 12.4. The van der Waals surface area contributed by atoms with Gasteiger partial charge in [0.1, 0.15) is 5.75 Å². The second-order valence-corrected chi connectivity index (χ2v) is 5.60. The van der Waals surface area contributed by atoms with E-state index in [1.165, 1.54) is 12.1 Å². The van der Waals surface area contributed by atoms with Crippen molar-refractivity contribution in [2.45, 2.75) is 32.5 Å². The molecule has 0 aliphatic carbocycles. The molecule has 1 unspecified atom stereocenters. The minimum absolute atomic E-state index is 0. The summed E-state index contributed by atoms with van der Waals surface area (Å²) in [7, 11) is 0. The van der Waals surface area contributed by atoms with Crippen LogP contribution in [0.3, 0.4) is 0 Å². The minimum atomic E-state index is -2.85. The highest BCUT2D eigenvalue weighted by molar-refractivity contribution is 5.94. The zero-order chi connectivity index (χ0) is 17.1. The van der Waals surface area contributed by atoms with Gasteiger partial charge in [0.25, 0.3) is 5.91 Å². The summed E-state index contributed by atoms with van der Waals surface area (Å²) in [5.41, 5.74) is 3.06. The number of fused-ring (bicyclic) bond motifs is 1. The van der Waals surface area contributed by atoms with E-state index in [0.29, 0.717) is 12.2 Å². The Morgan fingerprint density at radius 1 is 1.32 bits per heavy atom. The maximum absolute atomic E-state index is 12.4. The van der Waals surface area contributed by atoms with E-state index < -0.39 is 6.61 Å². The molecule has 6 nitrogen and oxygen atoms in total. The van der Waals surface area contributed by atoms with Crippen LogP contribution in [0.5, 0.6) is 5.75 Å². The summed E-state index contributed by atoms with van der Waals surface area (Å²) in [5.74, 6) is -0.184. The highest BCUT2D eigenvalue weighted by Crippen LogP contribution is 2.20. The Hall–Kier alpha value is -2.19. The number of benzene rings is 1. The summed E-state index contributed by atoms with van der Waals surface area (Å²) < 4.78 is 28.6. The van der Waals surface area contributed by atoms with Crippen LogP contribution in [0.25, 0.3) is 0 Å². The van der Waals surface area contributed by atoms with Crippen molar-refractivity contribution < 1.29 is 18.3 Å². The lowest BCUT2D eigenvalue weighted by Crippen LogP contribution is -2.30. The van der Waals surface area contributed by atoms with Gasteiger partial charge in [-0.3, -0.25) is 9.89 Å². The van der Waals surface area contributed by atoms with Crippen LogP contribution in [-0.4, -0.2) is 29.3 Å².